The highest BCUT2D eigenvalue weighted by Gasteiger charge is 2.37. The number of halogens is 6. The first-order valence-corrected chi connectivity index (χ1v) is 6.81. The van der Waals surface area contributed by atoms with E-state index in [1.807, 2.05) is 0 Å². The van der Waals surface area contributed by atoms with Crippen LogP contribution in [0.25, 0.3) is 11.3 Å². The molecule has 2 aromatic rings. The monoisotopic (exact) mass is 345 g/mol. The van der Waals surface area contributed by atoms with Crippen LogP contribution in [0.5, 0.6) is 0 Å². The van der Waals surface area contributed by atoms with E-state index in [1.54, 1.807) is 13.0 Å². The first kappa shape index (κ1) is 14.9. The molecule has 0 N–H and O–H groups in total. The molecule has 8 heteroatoms. The zero-order valence-corrected chi connectivity index (χ0v) is 12.4. The maximum absolute atomic E-state index is 12.7. The summed E-state index contributed by atoms with van der Waals surface area (Å²) in [7, 11) is 0. The topological polar surface area (TPSA) is 12.9 Å². The van der Waals surface area contributed by atoms with Crippen molar-refractivity contribution in [1.29, 1.82) is 0 Å². The van der Waals surface area contributed by atoms with Crippen molar-refractivity contribution in [3.8, 4) is 11.3 Å². The van der Waals surface area contributed by atoms with Crippen LogP contribution in [0.3, 0.4) is 0 Å². The van der Waals surface area contributed by atoms with E-state index in [0.29, 0.717) is 27.7 Å². The van der Waals surface area contributed by atoms with Crippen molar-refractivity contribution in [1.82, 2.24) is 4.37 Å². The SMILES string of the molecule is Cc1cc(-c2nsc(C(F)(F)F)c2Cl)c(Cl)cc1Cl. The molecule has 0 aliphatic rings. The minimum absolute atomic E-state index is 0.0174. The van der Waals surface area contributed by atoms with Crippen LogP contribution in [0, 0.1) is 6.92 Å². The van der Waals surface area contributed by atoms with Gasteiger partial charge >= 0.3 is 6.18 Å². The average molecular weight is 347 g/mol. The van der Waals surface area contributed by atoms with Gasteiger partial charge in [-0.05, 0) is 36.2 Å². The zero-order valence-electron chi connectivity index (χ0n) is 9.28. The molecule has 0 aliphatic carbocycles. The molecule has 1 aromatic carbocycles. The number of aryl methyl sites for hydroxylation is 1. The lowest BCUT2D eigenvalue weighted by Crippen LogP contribution is -2.02. The van der Waals surface area contributed by atoms with E-state index >= 15 is 0 Å². The third-order valence-electron chi connectivity index (χ3n) is 2.40. The van der Waals surface area contributed by atoms with E-state index in [-0.39, 0.29) is 10.7 Å². The van der Waals surface area contributed by atoms with Gasteiger partial charge in [-0.2, -0.15) is 17.5 Å². The number of alkyl halides is 3. The molecule has 0 saturated carbocycles. The molecule has 0 aliphatic heterocycles. The van der Waals surface area contributed by atoms with Gasteiger partial charge in [0, 0.05) is 10.6 Å². The summed E-state index contributed by atoms with van der Waals surface area (Å²) in [5, 5.41) is 0.189. The van der Waals surface area contributed by atoms with Crippen molar-refractivity contribution in [2.75, 3.05) is 0 Å². The Bertz CT molecular complexity index is 637. The molecule has 0 fully saturated rings. The molecular formula is C11H5Cl3F3NS. The van der Waals surface area contributed by atoms with Gasteiger partial charge in [0.25, 0.3) is 0 Å². The van der Waals surface area contributed by atoms with Gasteiger partial charge in [0.15, 0.2) is 0 Å². The van der Waals surface area contributed by atoms with Crippen molar-refractivity contribution in [3.63, 3.8) is 0 Å². The maximum Gasteiger partial charge on any atom is 0.428 e. The number of benzene rings is 1. The van der Waals surface area contributed by atoms with Crippen LogP contribution in [0.15, 0.2) is 12.1 Å². The van der Waals surface area contributed by atoms with Gasteiger partial charge in [0.05, 0.1) is 10.0 Å². The fraction of sp³-hybridized carbons (Fsp3) is 0.182. The number of nitrogens with zero attached hydrogens (tertiary/aromatic N) is 1. The molecule has 0 saturated heterocycles. The molecule has 0 bridgehead atoms. The summed E-state index contributed by atoms with van der Waals surface area (Å²) >= 11 is 17.9. The Hall–Kier alpha value is -0.490. The second-order valence-corrected chi connectivity index (χ2v) is 5.72. The number of hydrogen-bond acceptors (Lipinski definition) is 2. The Kier molecular flexibility index (Phi) is 4.02. The van der Waals surface area contributed by atoms with E-state index in [4.69, 9.17) is 34.8 Å². The number of rotatable bonds is 1. The quantitative estimate of drug-likeness (QED) is 0.608. The van der Waals surface area contributed by atoms with Crippen LogP contribution in [-0.4, -0.2) is 4.37 Å². The Morgan fingerprint density at radius 3 is 2.26 bits per heavy atom. The van der Waals surface area contributed by atoms with Crippen LogP contribution in [-0.2, 0) is 6.18 Å². The van der Waals surface area contributed by atoms with Gasteiger partial charge in [0.1, 0.15) is 10.6 Å². The van der Waals surface area contributed by atoms with Gasteiger partial charge in [-0.15, -0.1) is 0 Å². The van der Waals surface area contributed by atoms with Gasteiger partial charge in [-0.25, -0.2) is 0 Å². The highest BCUT2D eigenvalue weighted by atomic mass is 35.5. The third-order valence-corrected chi connectivity index (χ3v) is 4.49. The molecule has 2 rings (SSSR count). The van der Waals surface area contributed by atoms with E-state index in [2.05, 4.69) is 4.37 Å². The predicted molar refractivity (Wildman–Crippen MR) is 72.3 cm³/mol. The van der Waals surface area contributed by atoms with Crippen LogP contribution in [0.4, 0.5) is 13.2 Å². The first-order valence-electron chi connectivity index (χ1n) is 4.90. The fourth-order valence-corrected chi connectivity index (χ4v) is 2.99. The van der Waals surface area contributed by atoms with Crippen LogP contribution < -0.4 is 0 Å². The van der Waals surface area contributed by atoms with E-state index in [9.17, 15) is 13.2 Å². The molecule has 0 amide bonds. The minimum atomic E-state index is -4.53. The summed E-state index contributed by atoms with van der Waals surface area (Å²) in [6.45, 7) is 1.72. The van der Waals surface area contributed by atoms with Crippen molar-refractivity contribution < 1.29 is 13.2 Å². The van der Waals surface area contributed by atoms with E-state index in [0.717, 1.165) is 0 Å². The van der Waals surface area contributed by atoms with Gasteiger partial charge < -0.3 is 0 Å². The minimum Gasteiger partial charge on any atom is -0.190 e. The predicted octanol–water partition coefficient (Wildman–Crippen LogP) is 6.10. The van der Waals surface area contributed by atoms with E-state index in [1.165, 1.54) is 6.07 Å². The molecule has 102 valence electrons. The second-order valence-electron chi connectivity index (χ2n) is 3.75. The first-order chi connectivity index (χ1) is 8.71. The largest absolute Gasteiger partial charge is 0.428 e. The summed E-state index contributed by atoms with van der Waals surface area (Å²) in [5.41, 5.74) is 1.03. The molecule has 0 radical (unpaired) electrons. The van der Waals surface area contributed by atoms with Crippen LogP contribution in [0.2, 0.25) is 15.1 Å². The number of hydrogen-bond donors (Lipinski definition) is 0. The molecule has 0 spiro atoms. The lowest BCUT2D eigenvalue weighted by Gasteiger charge is -2.06. The zero-order chi connectivity index (χ0) is 14.4. The summed E-state index contributed by atoms with van der Waals surface area (Å²) in [6, 6.07) is 3.02. The van der Waals surface area contributed by atoms with Crippen molar-refractivity contribution in [3.05, 3.63) is 37.6 Å². The maximum atomic E-state index is 12.7. The summed E-state index contributed by atoms with van der Waals surface area (Å²) in [6.07, 6.45) is -4.53. The summed E-state index contributed by atoms with van der Waals surface area (Å²) < 4.78 is 41.7. The average Bonchev–Trinajstić information content (AvgIpc) is 2.65. The van der Waals surface area contributed by atoms with Gasteiger partial charge in [-0.1, -0.05) is 34.8 Å². The standard InChI is InChI=1S/C11H5Cl3F3NS/c1-4-2-5(7(13)3-6(4)12)9-8(14)10(19-18-9)11(15,16)17/h2-3H,1H3. The van der Waals surface area contributed by atoms with Crippen LogP contribution >= 0.6 is 46.3 Å². The smallest absolute Gasteiger partial charge is 0.190 e. The Balaban J connectivity index is 2.61. The Morgan fingerprint density at radius 2 is 1.74 bits per heavy atom. The van der Waals surface area contributed by atoms with Gasteiger partial charge in [-0.3, -0.25) is 0 Å². The molecule has 19 heavy (non-hydrogen) atoms. The summed E-state index contributed by atoms with van der Waals surface area (Å²) in [4.78, 5) is -0.937. The molecular weight excluding hydrogens is 342 g/mol. The lowest BCUT2D eigenvalue weighted by molar-refractivity contribution is -0.134. The lowest BCUT2D eigenvalue weighted by atomic mass is 10.1. The highest BCUT2D eigenvalue weighted by Crippen LogP contribution is 2.44. The van der Waals surface area contributed by atoms with Gasteiger partial charge in [0.2, 0.25) is 0 Å². The summed E-state index contributed by atoms with van der Waals surface area (Å²) in [5.74, 6) is 0. The van der Waals surface area contributed by atoms with Crippen LogP contribution in [0.1, 0.15) is 10.4 Å². The molecule has 1 aromatic heterocycles. The molecule has 0 unspecified atom stereocenters. The van der Waals surface area contributed by atoms with Crippen molar-refractivity contribution in [2.45, 2.75) is 13.1 Å². The normalized spacial score (nSPS) is 11.9. The second kappa shape index (κ2) is 5.13. The molecule has 1 nitrogen and oxygen atoms in total. The molecule has 0 atom stereocenters. The van der Waals surface area contributed by atoms with E-state index < -0.39 is 16.1 Å². The molecule has 1 heterocycles. The highest BCUT2D eigenvalue weighted by molar-refractivity contribution is 7.07. The number of aromatic nitrogens is 1. The fourth-order valence-electron chi connectivity index (χ4n) is 1.46. The Morgan fingerprint density at radius 1 is 1.11 bits per heavy atom. The Labute approximate surface area is 126 Å². The van der Waals surface area contributed by atoms with Crippen molar-refractivity contribution >= 4 is 46.3 Å². The van der Waals surface area contributed by atoms with Crippen molar-refractivity contribution in [2.24, 2.45) is 0 Å². The third kappa shape index (κ3) is 2.84.